The molecule has 0 spiro atoms. The number of nitrogens with one attached hydrogen (secondary N) is 1. The molecule has 3 fully saturated rings. The minimum Gasteiger partial charge on any atom is -0.393 e. The maximum absolute atomic E-state index is 10.1. The zero-order chi connectivity index (χ0) is 15.8. The van der Waals surface area contributed by atoms with E-state index in [4.69, 9.17) is 0 Å². The van der Waals surface area contributed by atoms with Crippen LogP contribution in [-0.4, -0.2) is 21.4 Å². The van der Waals surface area contributed by atoms with Gasteiger partial charge in [-0.15, -0.1) is 0 Å². The van der Waals surface area contributed by atoms with Crippen molar-refractivity contribution in [2.24, 2.45) is 29.1 Å². The Morgan fingerprint density at radius 1 is 1.13 bits per heavy atom. The van der Waals surface area contributed by atoms with Gasteiger partial charge < -0.3 is 5.11 Å². The molecular weight excluding hydrogens is 284 g/mol. The third kappa shape index (κ3) is 1.78. The summed E-state index contributed by atoms with van der Waals surface area (Å²) in [6, 6.07) is 0. The van der Waals surface area contributed by atoms with E-state index in [0.717, 1.165) is 36.5 Å². The molecule has 0 unspecified atom stereocenters. The molecule has 0 bridgehead atoms. The van der Waals surface area contributed by atoms with Gasteiger partial charge in [-0.05, 0) is 86.0 Å². The Labute approximate surface area is 139 Å². The van der Waals surface area contributed by atoms with Crippen LogP contribution in [0.4, 0.5) is 0 Å². The molecule has 4 aliphatic carbocycles. The standard InChI is InChI=1S/C20H30N2O/c1-19-7-5-14(23)10-13(19)3-4-15-16(19)6-8-20(2)17(15)9-12-11-21-22-18(12)20/h11,13-17,23H,3-10H2,1-2H3,(H,21,22)/t13-,14-,15-,16-,17-,19-,20-/m0/s1. The third-order valence-electron chi connectivity index (χ3n) is 8.76. The van der Waals surface area contributed by atoms with Crippen LogP contribution in [0.1, 0.15) is 70.1 Å². The Hall–Kier alpha value is -0.830. The zero-order valence-corrected chi connectivity index (χ0v) is 14.5. The quantitative estimate of drug-likeness (QED) is 0.764. The first kappa shape index (κ1) is 14.5. The van der Waals surface area contributed by atoms with Gasteiger partial charge in [-0.1, -0.05) is 13.8 Å². The maximum atomic E-state index is 10.1. The lowest BCUT2D eigenvalue weighted by Gasteiger charge is -2.60. The van der Waals surface area contributed by atoms with E-state index in [-0.39, 0.29) is 6.10 Å². The van der Waals surface area contributed by atoms with Crippen LogP contribution < -0.4 is 0 Å². The summed E-state index contributed by atoms with van der Waals surface area (Å²) in [5.74, 6) is 3.34. The van der Waals surface area contributed by atoms with E-state index >= 15 is 0 Å². The Kier molecular flexibility index (Phi) is 2.92. The van der Waals surface area contributed by atoms with Gasteiger partial charge in [0.05, 0.1) is 12.3 Å². The van der Waals surface area contributed by atoms with Crippen LogP contribution in [-0.2, 0) is 11.8 Å². The number of fused-ring (bicyclic) bond motifs is 7. The van der Waals surface area contributed by atoms with E-state index < -0.39 is 0 Å². The number of aromatic nitrogens is 2. The summed E-state index contributed by atoms with van der Waals surface area (Å²) in [7, 11) is 0. The topological polar surface area (TPSA) is 48.9 Å². The van der Waals surface area contributed by atoms with Crippen molar-refractivity contribution in [2.45, 2.75) is 76.7 Å². The van der Waals surface area contributed by atoms with E-state index in [2.05, 4.69) is 30.2 Å². The summed E-state index contributed by atoms with van der Waals surface area (Å²) in [6.07, 6.45) is 12.0. The molecule has 0 aliphatic heterocycles. The Morgan fingerprint density at radius 3 is 2.87 bits per heavy atom. The number of H-pyrrole nitrogens is 1. The van der Waals surface area contributed by atoms with Gasteiger partial charge in [0.25, 0.3) is 0 Å². The molecule has 4 aliphatic rings. The number of nitrogens with zero attached hydrogens (tertiary/aromatic N) is 1. The van der Waals surface area contributed by atoms with Crippen LogP contribution in [0.25, 0.3) is 0 Å². The van der Waals surface area contributed by atoms with E-state index in [0.29, 0.717) is 10.8 Å². The predicted octanol–water partition coefficient (Wildman–Crippen LogP) is 3.83. The molecule has 2 N–H and O–H groups in total. The highest BCUT2D eigenvalue weighted by atomic mass is 16.3. The SMILES string of the molecule is C[C@]12CC[C@H](O)C[C@@H]1CC[C@H]1[C@@H]2CC[C@]2(C)c3[nH]ncc3C[C@@H]12. The first-order valence-corrected chi connectivity index (χ1v) is 9.73. The molecule has 3 nitrogen and oxygen atoms in total. The van der Waals surface area contributed by atoms with Crippen LogP contribution >= 0.6 is 0 Å². The molecule has 0 amide bonds. The monoisotopic (exact) mass is 314 g/mol. The summed E-state index contributed by atoms with van der Waals surface area (Å²) in [4.78, 5) is 0. The van der Waals surface area contributed by atoms with Gasteiger partial charge in [0.2, 0.25) is 0 Å². The van der Waals surface area contributed by atoms with Crippen molar-refractivity contribution in [3.8, 4) is 0 Å². The van der Waals surface area contributed by atoms with Gasteiger partial charge in [0.15, 0.2) is 0 Å². The Bertz CT molecular complexity index is 625. The van der Waals surface area contributed by atoms with E-state index in [1.54, 1.807) is 0 Å². The van der Waals surface area contributed by atoms with Crippen molar-refractivity contribution in [1.82, 2.24) is 10.2 Å². The van der Waals surface area contributed by atoms with Crippen molar-refractivity contribution < 1.29 is 5.11 Å². The van der Waals surface area contributed by atoms with Crippen LogP contribution in [0.3, 0.4) is 0 Å². The van der Waals surface area contributed by atoms with Crippen LogP contribution in [0.15, 0.2) is 6.20 Å². The van der Waals surface area contributed by atoms with Crippen molar-refractivity contribution in [3.63, 3.8) is 0 Å². The molecule has 1 aromatic rings. The largest absolute Gasteiger partial charge is 0.393 e. The molecule has 3 saturated carbocycles. The second-order valence-electron chi connectivity index (χ2n) is 9.52. The second kappa shape index (κ2) is 4.62. The number of rotatable bonds is 0. The average molecular weight is 314 g/mol. The fourth-order valence-corrected chi connectivity index (χ4v) is 7.44. The van der Waals surface area contributed by atoms with Crippen LogP contribution in [0, 0.1) is 29.1 Å². The fraction of sp³-hybridized carbons (Fsp3) is 0.850. The molecule has 3 heteroatoms. The lowest BCUT2D eigenvalue weighted by molar-refractivity contribution is -0.111. The fourth-order valence-electron chi connectivity index (χ4n) is 7.44. The van der Waals surface area contributed by atoms with Crippen LogP contribution in [0.5, 0.6) is 0 Å². The van der Waals surface area contributed by atoms with Crippen molar-refractivity contribution in [3.05, 3.63) is 17.5 Å². The number of hydrogen-bond acceptors (Lipinski definition) is 2. The zero-order valence-electron chi connectivity index (χ0n) is 14.5. The van der Waals surface area contributed by atoms with Gasteiger partial charge in [-0.3, -0.25) is 5.10 Å². The molecule has 5 rings (SSSR count). The van der Waals surface area contributed by atoms with Gasteiger partial charge in [-0.25, -0.2) is 0 Å². The number of aromatic amines is 1. The third-order valence-corrected chi connectivity index (χ3v) is 8.76. The minimum absolute atomic E-state index is 0.0316. The summed E-state index contributed by atoms with van der Waals surface area (Å²) in [5.41, 5.74) is 3.76. The Balaban J connectivity index is 1.49. The highest BCUT2D eigenvalue weighted by molar-refractivity contribution is 5.35. The first-order chi connectivity index (χ1) is 11.0. The van der Waals surface area contributed by atoms with Gasteiger partial charge in [0, 0.05) is 11.1 Å². The van der Waals surface area contributed by atoms with E-state index in [1.807, 2.05) is 0 Å². The Morgan fingerprint density at radius 2 is 2.00 bits per heavy atom. The summed E-state index contributed by atoms with van der Waals surface area (Å²) in [5, 5.41) is 17.8. The summed E-state index contributed by atoms with van der Waals surface area (Å²) in [6.45, 7) is 5.07. The first-order valence-electron chi connectivity index (χ1n) is 9.73. The normalized spacial score (nSPS) is 51.5. The predicted molar refractivity (Wildman–Crippen MR) is 90.0 cm³/mol. The van der Waals surface area contributed by atoms with Crippen molar-refractivity contribution >= 4 is 0 Å². The molecule has 1 aromatic heterocycles. The molecule has 0 radical (unpaired) electrons. The number of aliphatic hydroxyl groups is 1. The second-order valence-corrected chi connectivity index (χ2v) is 9.52. The molecular formula is C20H30N2O. The van der Waals surface area contributed by atoms with E-state index in [1.165, 1.54) is 49.8 Å². The highest BCUT2D eigenvalue weighted by Gasteiger charge is 2.59. The van der Waals surface area contributed by atoms with Crippen molar-refractivity contribution in [1.29, 1.82) is 0 Å². The summed E-state index contributed by atoms with van der Waals surface area (Å²) >= 11 is 0. The highest BCUT2D eigenvalue weighted by Crippen LogP contribution is 2.65. The van der Waals surface area contributed by atoms with Gasteiger partial charge in [-0.2, -0.15) is 5.10 Å². The lowest BCUT2D eigenvalue weighted by atomic mass is 9.45. The molecule has 0 aromatic carbocycles. The minimum atomic E-state index is -0.0316. The molecule has 126 valence electrons. The lowest BCUT2D eigenvalue weighted by Crippen LogP contribution is -2.54. The molecule has 23 heavy (non-hydrogen) atoms. The number of aliphatic hydroxyl groups excluding tert-OH is 1. The maximum Gasteiger partial charge on any atom is 0.0543 e. The molecule has 0 saturated heterocycles. The van der Waals surface area contributed by atoms with Crippen molar-refractivity contribution in [2.75, 3.05) is 0 Å². The molecule has 1 heterocycles. The summed E-state index contributed by atoms with van der Waals surface area (Å²) < 4.78 is 0. The van der Waals surface area contributed by atoms with E-state index in [9.17, 15) is 5.11 Å². The number of hydrogen-bond donors (Lipinski definition) is 2. The van der Waals surface area contributed by atoms with Gasteiger partial charge in [0.1, 0.15) is 0 Å². The van der Waals surface area contributed by atoms with Gasteiger partial charge >= 0.3 is 0 Å². The smallest absolute Gasteiger partial charge is 0.0543 e. The average Bonchev–Trinajstić information content (AvgIpc) is 3.09. The van der Waals surface area contributed by atoms with Crippen LogP contribution in [0.2, 0.25) is 0 Å². The molecule has 7 atom stereocenters.